The summed E-state index contributed by atoms with van der Waals surface area (Å²) in [6.07, 6.45) is 2.95. The van der Waals surface area contributed by atoms with Crippen LogP contribution in [0.15, 0.2) is 53.8 Å². The Balaban J connectivity index is 1.45. The first-order valence-electron chi connectivity index (χ1n) is 35.9. The van der Waals surface area contributed by atoms with Crippen LogP contribution in [0.3, 0.4) is 0 Å². The highest BCUT2D eigenvalue weighted by Gasteiger charge is 2.42. The molecule has 38 heteroatoms. The van der Waals surface area contributed by atoms with Crippen molar-refractivity contribution in [2.45, 2.75) is 202 Å². The van der Waals surface area contributed by atoms with E-state index in [0.29, 0.717) is 65.4 Å². The van der Waals surface area contributed by atoms with Gasteiger partial charge < -0.3 is 94.9 Å². The van der Waals surface area contributed by atoms with Crippen molar-refractivity contribution in [3.8, 4) is 5.75 Å². The van der Waals surface area contributed by atoms with Gasteiger partial charge in [0.05, 0.1) is 20.1 Å². The average molecular weight is 1550 g/mol. The second-order valence-corrected chi connectivity index (χ2v) is 28.7. The molecule has 0 radical (unpaired) electrons. The minimum atomic E-state index is -1.86. The van der Waals surface area contributed by atoms with Gasteiger partial charge in [0.15, 0.2) is 5.96 Å². The van der Waals surface area contributed by atoms with Crippen LogP contribution in [0, 0.1) is 11.3 Å². The lowest BCUT2D eigenvalue weighted by Crippen LogP contribution is -2.61. The zero-order valence-corrected chi connectivity index (χ0v) is 62.6. The summed E-state index contributed by atoms with van der Waals surface area (Å²) in [6.45, 7) is 5.47. The molecule has 1 aromatic heterocycles. The number of nitrogens with zero attached hydrogens (tertiary/aromatic N) is 2. The van der Waals surface area contributed by atoms with Gasteiger partial charge in [-0.25, -0.2) is 4.79 Å². The molecule has 0 spiro atoms. The van der Waals surface area contributed by atoms with Crippen LogP contribution in [0.5, 0.6) is 5.75 Å². The number of ether oxygens (including phenoxy) is 1. The predicted octanol–water partition coefficient (Wildman–Crippen LogP) is -0.580. The fourth-order valence-electron chi connectivity index (χ4n) is 12.1. The number of carbonyl (C=O) groups excluding carboxylic acids is 13. The summed E-state index contributed by atoms with van der Waals surface area (Å²) in [4.78, 5) is 216. The smallest absolute Gasteiger partial charge is 0.344 e. The van der Waals surface area contributed by atoms with Crippen molar-refractivity contribution in [3.63, 3.8) is 0 Å². The molecule has 10 atom stereocenters. The van der Waals surface area contributed by atoms with E-state index < -0.39 is 181 Å². The number of aliphatic carboxylic acids is 1. The number of benzene rings is 2. The predicted molar refractivity (Wildman–Crippen MR) is 397 cm³/mol. The van der Waals surface area contributed by atoms with Gasteiger partial charge in [-0.2, -0.15) is 28.4 Å². The highest BCUT2D eigenvalue weighted by molar-refractivity contribution is 7.98. The highest BCUT2D eigenvalue weighted by Crippen LogP contribution is 2.28. The number of rotatable bonds is 20. The lowest BCUT2D eigenvalue weighted by molar-refractivity contribution is -0.255. The van der Waals surface area contributed by atoms with Crippen molar-refractivity contribution in [1.29, 1.82) is 5.41 Å². The standard InChI is InChI=1S/C70H101N17O19S2/c1-5-6-16-47-62(95)82-51(32-58(92)106-103-4)66(99)86-59(39(2)3)68(101)83-50(31-42-33-76-45-17-10-9-15-44(42)45)65(98)80-48(20-22-55(71)88)63(96)79-49(21-23-57(90)91)64(97)84-52(60(72)93)37-107-35-40-28-41-30-43(29-40)104-26-11-7-8-12-27-105-77-34-56(89)78-46(18-13-24-75-70(73)74)61(94)85-53(38-108-36-41)69(102)87-25-14-19-54(87)67(100)81-47/h9-10,15,17,28-30,33-34,39,46-54,59,76H,5-8,11-14,16,18-27,31-32,35-38H2,1-4H3,(H2,71,88)(H2,72,93)(H,78,89)(H,79,96)(H,80,98)(H,81,100)(H,82,95)(H,83,101)(H,84,97)(H,85,94)(H,86,99)(H,90,91)(H4,73,74,75)/b77-34+/t46-,47-,48-,49-,50-,51-,52-,53-,54-,59?/m0/s1. The topological polar surface area (TPSA) is 550 Å². The van der Waals surface area contributed by atoms with Crippen LogP contribution < -0.4 is 75.1 Å². The van der Waals surface area contributed by atoms with Crippen LogP contribution in [0.25, 0.3) is 10.9 Å². The molecular formula is C70H101N17O19S2. The van der Waals surface area contributed by atoms with E-state index in [0.717, 1.165) is 31.5 Å². The van der Waals surface area contributed by atoms with E-state index >= 15 is 4.79 Å². The van der Waals surface area contributed by atoms with Gasteiger partial charge in [0.2, 0.25) is 65.0 Å². The van der Waals surface area contributed by atoms with Crippen LogP contribution in [0.4, 0.5) is 0 Å². The van der Waals surface area contributed by atoms with Gasteiger partial charge in [-0.05, 0) is 111 Å². The molecule has 36 nitrogen and oxygen atoms in total. The van der Waals surface area contributed by atoms with Gasteiger partial charge >= 0.3 is 11.9 Å². The summed E-state index contributed by atoms with van der Waals surface area (Å²) < 4.78 is 6.29. The molecule has 108 heavy (non-hydrogen) atoms. The second kappa shape index (κ2) is 44.8. The summed E-state index contributed by atoms with van der Waals surface area (Å²) >= 11 is 2.38. The SMILES string of the molecule is CCCC[C@@H]1NC(=O)[C@@H]2CCCN2C(=O)[C@@H]2CSCc3cc(cc(c3)OCCCCCCO/N=C/C(=O)N[C@@H](CCCNC(=N)N)C(=O)N2)CSC[C@@H](C(N)=O)NC(=O)[C@H](CCC(=O)O)NC(=O)[C@H](CCC(N)=O)NC(=O)[C@H](Cc2c[nH]c3ccccc23)NC(=O)C(C(C)C)NC(=O)[C@H](CC(=O)OOC)NC1=O. The van der Waals surface area contributed by atoms with Crippen molar-refractivity contribution in [2.75, 3.05) is 44.9 Å². The van der Waals surface area contributed by atoms with Crippen molar-refractivity contribution >= 4 is 129 Å². The molecular weight excluding hydrogens is 1450 g/mol. The Labute approximate surface area is 632 Å². The number of aromatic amines is 1. The molecule has 0 saturated carbocycles. The van der Waals surface area contributed by atoms with E-state index in [1.807, 2.05) is 13.0 Å². The zero-order valence-electron chi connectivity index (χ0n) is 61.0. The molecule has 3 aliphatic heterocycles. The Bertz CT molecular complexity index is 3690. The van der Waals surface area contributed by atoms with Crippen molar-refractivity contribution < 1.29 is 91.6 Å². The number of hydrogen-bond donors (Lipinski definition) is 16. The van der Waals surface area contributed by atoms with E-state index in [4.69, 9.17) is 37.1 Å². The number of thioether (sulfide) groups is 2. The first-order valence-corrected chi connectivity index (χ1v) is 38.2. The number of nitrogens with one attached hydrogen (secondary N) is 12. The third kappa shape index (κ3) is 28.8. The Morgan fingerprint density at radius 3 is 1.94 bits per heavy atom. The number of H-pyrrole nitrogens is 1. The normalized spacial score (nSPS) is 24.0. The first-order chi connectivity index (χ1) is 51.6. The quantitative estimate of drug-likeness (QED) is 0.0221. The largest absolute Gasteiger partial charge is 0.494 e. The third-order valence-corrected chi connectivity index (χ3v) is 20.0. The Morgan fingerprint density at radius 2 is 1.28 bits per heavy atom. The van der Waals surface area contributed by atoms with Crippen molar-refractivity contribution in [2.24, 2.45) is 28.3 Å². The van der Waals surface area contributed by atoms with E-state index in [1.165, 1.54) is 30.5 Å². The number of fused-ring (bicyclic) bond motifs is 7. The summed E-state index contributed by atoms with van der Waals surface area (Å²) in [7, 11) is 1.02. The Hall–Kier alpha value is -10.2. The number of nitrogens with two attached hydrogens (primary N) is 3. The number of carboxylic acid groups (broad SMARTS) is 1. The van der Waals surface area contributed by atoms with Crippen LogP contribution in [-0.4, -0.2) is 215 Å². The summed E-state index contributed by atoms with van der Waals surface area (Å²) in [5, 5.41) is 48.1. The third-order valence-electron chi connectivity index (χ3n) is 17.7. The van der Waals surface area contributed by atoms with Crippen LogP contribution in [-0.2, 0) is 99.7 Å². The number of oxime groups is 1. The molecule has 1 saturated heterocycles. The Kier molecular flexibility index (Phi) is 35.9. The molecule has 4 bridgehead atoms. The van der Waals surface area contributed by atoms with Gasteiger partial charge in [-0.1, -0.05) is 63.0 Å². The lowest BCUT2D eigenvalue weighted by Gasteiger charge is -2.31. The molecule has 3 aliphatic rings. The van der Waals surface area contributed by atoms with Crippen LogP contribution in [0.2, 0.25) is 0 Å². The number of hydrogen-bond acceptors (Lipinski definition) is 22. The minimum absolute atomic E-state index is 0.00999. The molecule has 19 N–H and O–H groups in total. The zero-order chi connectivity index (χ0) is 78.8. The lowest BCUT2D eigenvalue weighted by atomic mass is 9.99. The number of carbonyl (C=O) groups is 14. The molecule has 2 aromatic carbocycles. The van der Waals surface area contributed by atoms with Gasteiger partial charge in [-0.15, -0.1) is 0 Å². The number of guanidine groups is 1. The molecule has 3 aromatic rings. The molecule has 6 rings (SSSR count). The number of primary amides is 2. The van der Waals surface area contributed by atoms with Crippen LogP contribution >= 0.6 is 23.5 Å². The van der Waals surface area contributed by atoms with Gasteiger partial charge in [-0.3, -0.25) is 72.6 Å². The van der Waals surface area contributed by atoms with Gasteiger partial charge in [0.25, 0.3) is 5.91 Å². The molecule has 1 fully saturated rings. The molecule has 12 amide bonds. The average Bonchev–Trinajstić information content (AvgIpc) is 1.64. The summed E-state index contributed by atoms with van der Waals surface area (Å²) in [5.41, 5.74) is 19.4. The maximum atomic E-state index is 15.3. The van der Waals surface area contributed by atoms with Crippen LogP contribution in [0.1, 0.15) is 140 Å². The van der Waals surface area contributed by atoms with Crippen molar-refractivity contribution in [3.05, 3.63) is 65.4 Å². The van der Waals surface area contributed by atoms with E-state index in [9.17, 15) is 67.4 Å². The Morgan fingerprint density at radius 1 is 0.685 bits per heavy atom. The van der Waals surface area contributed by atoms with Gasteiger partial charge in [0, 0.05) is 72.5 Å². The minimum Gasteiger partial charge on any atom is -0.494 e. The number of aromatic nitrogens is 1. The molecule has 1 unspecified atom stereocenters. The first kappa shape index (κ1) is 86.7. The van der Waals surface area contributed by atoms with E-state index in [-0.39, 0.29) is 93.8 Å². The number of unbranched alkanes of at least 4 members (excludes halogenated alkanes) is 1. The maximum absolute atomic E-state index is 15.3. The fourth-order valence-corrected chi connectivity index (χ4v) is 14.1. The van der Waals surface area contributed by atoms with Gasteiger partial charge in [0.1, 0.15) is 79.0 Å². The fraction of sp³-hybridized carbons (Fsp3) is 0.571. The molecule has 592 valence electrons. The maximum Gasteiger partial charge on any atom is 0.344 e. The molecule has 0 aliphatic carbocycles. The number of carboxylic acids is 1. The second-order valence-electron chi connectivity index (χ2n) is 26.6. The van der Waals surface area contributed by atoms with Crippen molar-refractivity contribution in [1.82, 2.24) is 63.1 Å². The van der Waals surface area contributed by atoms with E-state index in [2.05, 4.69) is 68.2 Å². The highest BCUT2D eigenvalue weighted by atomic mass is 32.2. The van der Waals surface area contributed by atoms with E-state index in [1.54, 1.807) is 42.6 Å². The monoisotopic (exact) mass is 1550 g/mol. The molecule has 4 heterocycles. The number of para-hydroxylation sites is 1. The number of amides is 12. The summed E-state index contributed by atoms with van der Waals surface area (Å²) in [5.74, 6) is -14.5. The summed E-state index contributed by atoms with van der Waals surface area (Å²) in [6, 6.07) is -2.96.